The first kappa shape index (κ1) is 19.9. The Morgan fingerprint density at radius 2 is 1.67 bits per heavy atom. The Kier molecular flexibility index (Phi) is 12.0. The Balaban J connectivity index is 0.00000400. The SMILES string of the molecule is CCCCCCCCN(N)C(=O)CCc1ccccc1.Cl. The minimum absolute atomic E-state index is 0. The zero-order chi connectivity index (χ0) is 14.6. The molecule has 2 N–H and O–H groups in total. The molecule has 1 rings (SSSR count). The van der Waals surface area contributed by atoms with Crippen molar-refractivity contribution in [1.29, 1.82) is 0 Å². The molecule has 4 heteroatoms. The van der Waals surface area contributed by atoms with Gasteiger partial charge in [-0.25, -0.2) is 5.84 Å². The monoisotopic (exact) mass is 312 g/mol. The summed E-state index contributed by atoms with van der Waals surface area (Å²) in [6.45, 7) is 2.90. The third-order valence-corrected chi connectivity index (χ3v) is 3.54. The van der Waals surface area contributed by atoms with Crippen molar-refractivity contribution in [3.63, 3.8) is 0 Å². The number of aryl methyl sites for hydroxylation is 1. The van der Waals surface area contributed by atoms with Crippen molar-refractivity contribution in [2.45, 2.75) is 58.3 Å². The van der Waals surface area contributed by atoms with Crippen LogP contribution in [0.2, 0.25) is 0 Å². The van der Waals surface area contributed by atoms with E-state index in [0.717, 1.165) is 12.8 Å². The van der Waals surface area contributed by atoms with Gasteiger partial charge in [0.2, 0.25) is 5.91 Å². The lowest BCUT2D eigenvalue weighted by Gasteiger charge is -2.16. The molecule has 0 bridgehead atoms. The molecule has 0 fully saturated rings. The molecule has 21 heavy (non-hydrogen) atoms. The van der Waals surface area contributed by atoms with E-state index in [2.05, 4.69) is 6.92 Å². The van der Waals surface area contributed by atoms with Crippen molar-refractivity contribution >= 4 is 18.3 Å². The predicted octanol–water partition coefficient (Wildman–Crippen LogP) is 4.10. The summed E-state index contributed by atoms with van der Waals surface area (Å²) in [7, 11) is 0. The van der Waals surface area contributed by atoms with Crippen molar-refractivity contribution in [1.82, 2.24) is 5.01 Å². The average molecular weight is 313 g/mol. The van der Waals surface area contributed by atoms with E-state index in [1.54, 1.807) is 0 Å². The van der Waals surface area contributed by atoms with Crippen LogP contribution in [0.15, 0.2) is 30.3 Å². The van der Waals surface area contributed by atoms with Crippen LogP contribution < -0.4 is 5.84 Å². The number of amides is 1. The van der Waals surface area contributed by atoms with Gasteiger partial charge in [-0.1, -0.05) is 69.4 Å². The van der Waals surface area contributed by atoms with Gasteiger partial charge in [-0.2, -0.15) is 0 Å². The molecule has 120 valence electrons. The summed E-state index contributed by atoms with van der Waals surface area (Å²) in [4.78, 5) is 11.9. The Labute approximate surface area is 135 Å². The third-order valence-electron chi connectivity index (χ3n) is 3.54. The van der Waals surface area contributed by atoms with E-state index in [1.165, 1.54) is 42.7 Å². The summed E-state index contributed by atoms with van der Waals surface area (Å²) in [6, 6.07) is 10.1. The van der Waals surface area contributed by atoms with Gasteiger partial charge < -0.3 is 0 Å². The van der Waals surface area contributed by atoms with Gasteiger partial charge in [0.15, 0.2) is 0 Å². The minimum atomic E-state index is 0. The van der Waals surface area contributed by atoms with Crippen LogP contribution in [0, 0.1) is 0 Å². The van der Waals surface area contributed by atoms with Gasteiger partial charge in [0, 0.05) is 13.0 Å². The predicted molar refractivity (Wildman–Crippen MR) is 91.3 cm³/mol. The fraction of sp³-hybridized carbons (Fsp3) is 0.588. The zero-order valence-corrected chi connectivity index (χ0v) is 13.9. The Hall–Kier alpha value is -1.06. The molecular weight excluding hydrogens is 284 g/mol. The maximum absolute atomic E-state index is 11.9. The maximum atomic E-state index is 11.9. The molecule has 0 aromatic heterocycles. The molecule has 0 heterocycles. The van der Waals surface area contributed by atoms with Crippen LogP contribution in [0.25, 0.3) is 0 Å². The molecule has 3 nitrogen and oxygen atoms in total. The van der Waals surface area contributed by atoms with Gasteiger partial charge in [-0.15, -0.1) is 12.4 Å². The zero-order valence-electron chi connectivity index (χ0n) is 13.1. The number of rotatable bonds is 10. The molecule has 1 aromatic rings. The smallest absolute Gasteiger partial charge is 0.236 e. The van der Waals surface area contributed by atoms with Crippen molar-refractivity contribution in [2.24, 2.45) is 5.84 Å². The van der Waals surface area contributed by atoms with Crippen LogP contribution in [0.5, 0.6) is 0 Å². The van der Waals surface area contributed by atoms with Crippen LogP contribution in [0.3, 0.4) is 0 Å². The van der Waals surface area contributed by atoms with E-state index in [9.17, 15) is 4.79 Å². The second-order valence-electron chi connectivity index (χ2n) is 5.34. The van der Waals surface area contributed by atoms with Crippen molar-refractivity contribution in [2.75, 3.05) is 6.54 Å². The number of hydrogen-bond donors (Lipinski definition) is 1. The Morgan fingerprint density at radius 1 is 1.05 bits per heavy atom. The largest absolute Gasteiger partial charge is 0.281 e. The van der Waals surface area contributed by atoms with Gasteiger partial charge in [-0.3, -0.25) is 9.80 Å². The highest BCUT2D eigenvalue weighted by molar-refractivity contribution is 5.85. The van der Waals surface area contributed by atoms with Gasteiger partial charge in [0.1, 0.15) is 0 Å². The quantitative estimate of drug-likeness (QED) is 0.306. The molecule has 0 radical (unpaired) electrons. The standard InChI is InChI=1S/C17H28N2O.ClH/c1-2-3-4-5-6-10-15-19(18)17(20)14-13-16-11-8-7-9-12-16;/h7-9,11-12H,2-6,10,13-15,18H2,1H3;1H. The van der Waals surface area contributed by atoms with Crippen molar-refractivity contribution < 1.29 is 4.79 Å². The van der Waals surface area contributed by atoms with Crippen LogP contribution in [-0.4, -0.2) is 17.5 Å². The second kappa shape index (κ2) is 12.7. The van der Waals surface area contributed by atoms with E-state index in [4.69, 9.17) is 5.84 Å². The molecular formula is C17H29ClN2O. The molecule has 0 aliphatic rings. The average Bonchev–Trinajstić information content (AvgIpc) is 2.49. The number of hydrazine groups is 1. The number of carbonyl (C=O) groups excluding carboxylic acids is 1. The first-order valence-electron chi connectivity index (χ1n) is 7.83. The normalized spacial score (nSPS) is 10.0. The number of nitrogens with zero attached hydrogens (tertiary/aromatic N) is 1. The van der Waals surface area contributed by atoms with Gasteiger partial charge in [-0.05, 0) is 18.4 Å². The molecule has 0 saturated heterocycles. The highest BCUT2D eigenvalue weighted by Gasteiger charge is 2.08. The third kappa shape index (κ3) is 9.48. The van der Waals surface area contributed by atoms with Crippen LogP contribution in [0.1, 0.15) is 57.4 Å². The lowest BCUT2D eigenvalue weighted by molar-refractivity contribution is -0.131. The fourth-order valence-electron chi connectivity index (χ4n) is 2.23. The maximum Gasteiger partial charge on any atom is 0.236 e. The number of halogens is 1. The summed E-state index contributed by atoms with van der Waals surface area (Å²) >= 11 is 0. The van der Waals surface area contributed by atoms with Crippen LogP contribution in [0.4, 0.5) is 0 Å². The highest BCUT2D eigenvalue weighted by atomic mass is 35.5. The Morgan fingerprint density at radius 3 is 2.33 bits per heavy atom. The molecule has 0 aliphatic heterocycles. The molecule has 1 amide bonds. The van der Waals surface area contributed by atoms with Crippen molar-refractivity contribution in [3.05, 3.63) is 35.9 Å². The molecule has 0 atom stereocenters. The van der Waals surface area contributed by atoms with Gasteiger partial charge >= 0.3 is 0 Å². The lowest BCUT2D eigenvalue weighted by atomic mass is 10.1. The molecule has 0 aliphatic carbocycles. The summed E-state index contributed by atoms with van der Waals surface area (Å²) in [5.41, 5.74) is 1.19. The first-order chi connectivity index (χ1) is 9.74. The van der Waals surface area contributed by atoms with E-state index in [-0.39, 0.29) is 18.3 Å². The lowest BCUT2D eigenvalue weighted by Crippen LogP contribution is -2.38. The summed E-state index contributed by atoms with van der Waals surface area (Å²) < 4.78 is 0. The first-order valence-corrected chi connectivity index (χ1v) is 7.83. The van der Waals surface area contributed by atoms with E-state index in [1.807, 2.05) is 30.3 Å². The van der Waals surface area contributed by atoms with Crippen LogP contribution >= 0.6 is 12.4 Å². The second-order valence-corrected chi connectivity index (χ2v) is 5.34. The highest BCUT2D eigenvalue weighted by Crippen LogP contribution is 2.07. The summed E-state index contributed by atoms with van der Waals surface area (Å²) in [5.74, 6) is 5.85. The molecule has 0 unspecified atom stereocenters. The summed E-state index contributed by atoms with van der Waals surface area (Å²) in [6.07, 6.45) is 8.56. The number of nitrogens with two attached hydrogens (primary N) is 1. The number of benzene rings is 1. The number of carbonyl (C=O) groups is 1. The summed E-state index contributed by atoms with van der Waals surface area (Å²) in [5, 5.41) is 1.39. The molecule has 0 spiro atoms. The number of unbranched alkanes of at least 4 members (excludes halogenated alkanes) is 5. The minimum Gasteiger partial charge on any atom is -0.281 e. The number of hydrogen-bond acceptors (Lipinski definition) is 2. The Bertz CT molecular complexity index is 370. The van der Waals surface area contributed by atoms with Crippen molar-refractivity contribution in [3.8, 4) is 0 Å². The molecule has 1 aromatic carbocycles. The van der Waals surface area contributed by atoms with Gasteiger partial charge in [0.05, 0.1) is 0 Å². The van der Waals surface area contributed by atoms with E-state index in [0.29, 0.717) is 13.0 Å². The topological polar surface area (TPSA) is 46.3 Å². The molecule has 0 saturated carbocycles. The fourth-order valence-corrected chi connectivity index (χ4v) is 2.23. The van der Waals surface area contributed by atoms with Gasteiger partial charge in [0.25, 0.3) is 0 Å². The van der Waals surface area contributed by atoms with E-state index < -0.39 is 0 Å². The van der Waals surface area contributed by atoms with E-state index >= 15 is 0 Å². The van der Waals surface area contributed by atoms with Crippen LogP contribution in [-0.2, 0) is 11.2 Å².